The molecule has 0 bridgehead atoms. The third kappa shape index (κ3) is 4.50. The van der Waals surface area contributed by atoms with E-state index in [0.717, 1.165) is 25.2 Å². The molecule has 3 rings (SSSR count). The van der Waals surface area contributed by atoms with E-state index in [1.54, 1.807) is 0 Å². The van der Waals surface area contributed by atoms with Gasteiger partial charge in [-0.15, -0.1) is 0 Å². The van der Waals surface area contributed by atoms with Gasteiger partial charge in [-0.1, -0.05) is 11.6 Å². The SMILES string of the molecule is CS(=O)(=O)NCCC1CCCCN1Cc1nc(C2CC2)no1. The van der Waals surface area contributed by atoms with Crippen molar-refractivity contribution in [2.24, 2.45) is 0 Å². The Bertz CT molecular complexity index is 597. The molecule has 0 spiro atoms. The van der Waals surface area contributed by atoms with Crippen LogP contribution in [0.5, 0.6) is 0 Å². The lowest BCUT2D eigenvalue weighted by Crippen LogP contribution is -2.41. The summed E-state index contributed by atoms with van der Waals surface area (Å²) in [5.41, 5.74) is 0. The van der Waals surface area contributed by atoms with Crippen molar-refractivity contribution in [2.45, 2.75) is 57.0 Å². The van der Waals surface area contributed by atoms with Crippen LogP contribution in [0, 0.1) is 0 Å². The highest BCUT2D eigenvalue weighted by molar-refractivity contribution is 7.88. The minimum atomic E-state index is -3.11. The van der Waals surface area contributed by atoms with Gasteiger partial charge in [0.1, 0.15) is 0 Å². The molecule has 124 valence electrons. The predicted octanol–water partition coefficient (Wildman–Crippen LogP) is 1.24. The molecule has 1 saturated carbocycles. The Labute approximate surface area is 131 Å². The van der Waals surface area contributed by atoms with Crippen LogP contribution in [0.1, 0.15) is 56.2 Å². The Kier molecular flexibility index (Phi) is 4.79. The van der Waals surface area contributed by atoms with Crippen molar-refractivity contribution in [1.82, 2.24) is 19.8 Å². The molecular formula is C14H24N4O3S. The molecule has 1 saturated heterocycles. The maximum Gasteiger partial charge on any atom is 0.240 e. The Morgan fingerprint density at radius 1 is 1.32 bits per heavy atom. The van der Waals surface area contributed by atoms with E-state index in [1.807, 2.05) is 0 Å². The van der Waals surface area contributed by atoms with E-state index in [9.17, 15) is 8.42 Å². The Morgan fingerprint density at radius 2 is 2.14 bits per heavy atom. The van der Waals surface area contributed by atoms with Gasteiger partial charge in [-0.3, -0.25) is 4.90 Å². The number of hydrogen-bond acceptors (Lipinski definition) is 6. The molecule has 2 fully saturated rings. The molecule has 0 radical (unpaired) electrons. The van der Waals surface area contributed by atoms with Crippen molar-refractivity contribution < 1.29 is 12.9 Å². The zero-order valence-electron chi connectivity index (χ0n) is 13.0. The normalized spacial score (nSPS) is 23.8. The summed E-state index contributed by atoms with van der Waals surface area (Å²) in [6.45, 7) is 2.16. The van der Waals surface area contributed by atoms with Gasteiger partial charge in [0.05, 0.1) is 12.8 Å². The fourth-order valence-corrected chi connectivity index (χ4v) is 3.51. The Hall–Kier alpha value is -0.990. The third-order valence-corrected chi connectivity index (χ3v) is 5.08. The minimum Gasteiger partial charge on any atom is -0.338 e. The molecule has 0 aromatic carbocycles. The van der Waals surface area contributed by atoms with Gasteiger partial charge in [-0.05, 0) is 38.6 Å². The summed E-state index contributed by atoms with van der Waals surface area (Å²) in [6.07, 6.45) is 7.80. The van der Waals surface area contributed by atoms with Gasteiger partial charge in [-0.2, -0.15) is 4.98 Å². The van der Waals surface area contributed by atoms with Crippen LogP contribution in [-0.2, 0) is 16.6 Å². The zero-order valence-corrected chi connectivity index (χ0v) is 13.8. The third-order valence-electron chi connectivity index (χ3n) is 4.36. The van der Waals surface area contributed by atoms with Crippen LogP contribution in [-0.4, -0.2) is 48.8 Å². The summed E-state index contributed by atoms with van der Waals surface area (Å²) in [4.78, 5) is 6.83. The van der Waals surface area contributed by atoms with E-state index in [1.165, 1.54) is 31.9 Å². The van der Waals surface area contributed by atoms with E-state index in [2.05, 4.69) is 19.8 Å². The number of hydrogen-bond donors (Lipinski definition) is 1. The topological polar surface area (TPSA) is 88.3 Å². The second-order valence-corrected chi connectivity index (χ2v) is 8.23. The average Bonchev–Trinajstić information content (AvgIpc) is 3.20. The molecule has 1 unspecified atom stereocenters. The molecule has 8 heteroatoms. The quantitative estimate of drug-likeness (QED) is 0.810. The molecule has 0 amide bonds. The molecule has 22 heavy (non-hydrogen) atoms. The Morgan fingerprint density at radius 3 is 2.86 bits per heavy atom. The summed E-state index contributed by atoms with van der Waals surface area (Å²) >= 11 is 0. The number of piperidine rings is 1. The molecular weight excluding hydrogens is 304 g/mol. The molecule has 1 aromatic rings. The predicted molar refractivity (Wildman–Crippen MR) is 81.8 cm³/mol. The molecule has 2 heterocycles. The molecule has 1 aliphatic heterocycles. The maximum absolute atomic E-state index is 11.2. The van der Waals surface area contributed by atoms with Crippen molar-refractivity contribution in [3.05, 3.63) is 11.7 Å². The van der Waals surface area contributed by atoms with Crippen molar-refractivity contribution in [1.29, 1.82) is 0 Å². The molecule has 1 aliphatic carbocycles. The first-order chi connectivity index (χ1) is 10.5. The fraction of sp³-hybridized carbons (Fsp3) is 0.857. The molecule has 1 aromatic heterocycles. The van der Waals surface area contributed by atoms with Crippen molar-refractivity contribution >= 4 is 10.0 Å². The van der Waals surface area contributed by atoms with Crippen LogP contribution in [0.25, 0.3) is 0 Å². The minimum absolute atomic E-state index is 0.374. The lowest BCUT2D eigenvalue weighted by Gasteiger charge is -2.34. The van der Waals surface area contributed by atoms with Crippen LogP contribution in [0.15, 0.2) is 4.52 Å². The van der Waals surface area contributed by atoms with Gasteiger partial charge in [-0.25, -0.2) is 13.1 Å². The van der Waals surface area contributed by atoms with Crippen LogP contribution in [0.2, 0.25) is 0 Å². The highest BCUT2D eigenvalue weighted by Gasteiger charge is 2.30. The first-order valence-corrected chi connectivity index (χ1v) is 9.91. The van der Waals surface area contributed by atoms with Gasteiger partial charge < -0.3 is 4.52 Å². The number of likely N-dealkylation sites (tertiary alicyclic amines) is 1. The number of sulfonamides is 1. The highest BCUT2D eigenvalue weighted by Crippen LogP contribution is 2.38. The number of aromatic nitrogens is 2. The van der Waals surface area contributed by atoms with Gasteiger partial charge in [0.2, 0.25) is 15.9 Å². The monoisotopic (exact) mass is 328 g/mol. The Balaban J connectivity index is 1.54. The highest BCUT2D eigenvalue weighted by atomic mass is 32.2. The van der Waals surface area contributed by atoms with Crippen molar-refractivity contribution in [3.63, 3.8) is 0 Å². The number of rotatable bonds is 7. The van der Waals surface area contributed by atoms with E-state index in [0.29, 0.717) is 30.9 Å². The smallest absolute Gasteiger partial charge is 0.240 e. The molecule has 7 nitrogen and oxygen atoms in total. The van der Waals surface area contributed by atoms with Crippen LogP contribution in [0.4, 0.5) is 0 Å². The van der Waals surface area contributed by atoms with Crippen LogP contribution in [0.3, 0.4) is 0 Å². The standard InChI is InChI=1S/C14H24N4O3S/c1-22(19,20)15-8-7-12-4-2-3-9-18(12)10-13-16-14(17-21-13)11-5-6-11/h11-12,15H,2-10H2,1H3. The van der Waals surface area contributed by atoms with Gasteiger partial charge >= 0.3 is 0 Å². The van der Waals surface area contributed by atoms with Gasteiger partial charge in [0.25, 0.3) is 0 Å². The first kappa shape index (κ1) is 15.9. The van der Waals surface area contributed by atoms with Crippen molar-refractivity contribution in [3.8, 4) is 0 Å². The summed E-state index contributed by atoms with van der Waals surface area (Å²) in [7, 11) is -3.11. The summed E-state index contributed by atoms with van der Waals surface area (Å²) in [5.74, 6) is 2.04. The van der Waals surface area contributed by atoms with E-state index in [-0.39, 0.29) is 0 Å². The van der Waals surface area contributed by atoms with E-state index in [4.69, 9.17) is 4.52 Å². The lowest BCUT2D eigenvalue weighted by atomic mass is 9.99. The number of nitrogens with one attached hydrogen (secondary N) is 1. The largest absolute Gasteiger partial charge is 0.338 e. The molecule has 2 aliphatic rings. The maximum atomic E-state index is 11.2. The van der Waals surface area contributed by atoms with Crippen LogP contribution >= 0.6 is 0 Å². The van der Waals surface area contributed by atoms with Gasteiger partial charge in [0.15, 0.2) is 5.82 Å². The van der Waals surface area contributed by atoms with Gasteiger partial charge in [0, 0.05) is 18.5 Å². The number of nitrogens with zero attached hydrogens (tertiary/aromatic N) is 3. The van der Waals surface area contributed by atoms with Crippen LogP contribution < -0.4 is 4.72 Å². The fourth-order valence-electron chi connectivity index (χ4n) is 3.02. The summed E-state index contributed by atoms with van der Waals surface area (Å²) in [6, 6.07) is 0.374. The summed E-state index contributed by atoms with van der Waals surface area (Å²) < 4.78 is 30.3. The second-order valence-electron chi connectivity index (χ2n) is 6.40. The average molecular weight is 328 g/mol. The van der Waals surface area contributed by atoms with E-state index >= 15 is 0 Å². The van der Waals surface area contributed by atoms with E-state index < -0.39 is 10.0 Å². The lowest BCUT2D eigenvalue weighted by molar-refractivity contribution is 0.118. The first-order valence-electron chi connectivity index (χ1n) is 8.02. The molecule has 1 atom stereocenters. The second kappa shape index (κ2) is 6.64. The summed E-state index contributed by atoms with van der Waals surface area (Å²) in [5, 5.41) is 4.06. The molecule has 1 N–H and O–H groups in total. The zero-order chi connectivity index (χ0) is 15.6. The van der Waals surface area contributed by atoms with Crippen molar-refractivity contribution in [2.75, 3.05) is 19.3 Å².